The lowest BCUT2D eigenvalue weighted by atomic mass is 10.2. The average Bonchev–Trinajstić information content (AvgIpc) is 3.09. The third-order valence-electron chi connectivity index (χ3n) is 3.66. The Morgan fingerprint density at radius 1 is 1.31 bits per heavy atom. The highest BCUT2D eigenvalue weighted by Gasteiger charge is 2.11. The number of hydrogen-bond acceptors (Lipinski definition) is 4. The second kappa shape index (κ2) is 8.38. The maximum atomic E-state index is 12.2. The summed E-state index contributed by atoms with van der Waals surface area (Å²) in [5.74, 6) is 1.55. The van der Waals surface area contributed by atoms with Crippen molar-refractivity contribution in [3.63, 3.8) is 0 Å². The molecule has 1 N–H and O–H groups in total. The van der Waals surface area contributed by atoms with Crippen molar-refractivity contribution in [3.8, 4) is 17.1 Å². The van der Waals surface area contributed by atoms with Crippen molar-refractivity contribution in [1.82, 2.24) is 4.98 Å². The summed E-state index contributed by atoms with van der Waals surface area (Å²) < 4.78 is 11.9. The average molecular weight is 436 g/mol. The lowest BCUT2D eigenvalue weighted by molar-refractivity contribution is -0.116. The number of methoxy groups -OCH3 is 1. The van der Waals surface area contributed by atoms with Crippen molar-refractivity contribution in [2.24, 2.45) is 0 Å². The third kappa shape index (κ3) is 4.65. The van der Waals surface area contributed by atoms with Crippen molar-refractivity contribution in [2.75, 3.05) is 12.4 Å². The summed E-state index contributed by atoms with van der Waals surface area (Å²) in [6.07, 6.45) is 2.28. The summed E-state index contributed by atoms with van der Waals surface area (Å²) in [7, 11) is 1.54. The van der Waals surface area contributed by atoms with Gasteiger partial charge in [0, 0.05) is 27.9 Å². The number of ether oxygens (including phenoxy) is 1. The Bertz CT molecular complexity index is 927. The first-order valence-electron chi connectivity index (χ1n) is 7.89. The van der Waals surface area contributed by atoms with E-state index < -0.39 is 0 Å². The fraction of sp³-hybridized carbons (Fsp3) is 0.158. The number of aromatic nitrogens is 1. The predicted molar refractivity (Wildman–Crippen MR) is 105 cm³/mol. The molecule has 26 heavy (non-hydrogen) atoms. The van der Waals surface area contributed by atoms with Gasteiger partial charge in [-0.15, -0.1) is 0 Å². The Labute approximate surface area is 164 Å². The summed E-state index contributed by atoms with van der Waals surface area (Å²) in [6.45, 7) is 0. The zero-order chi connectivity index (χ0) is 18.5. The molecule has 1 heterocycles. The molecule has 0 aliphatic heterocycles. The highest BCUT2D eigenvalue weighted by Crippen LogP contribution is 2.28. The molecular formula is C19H16BrClN2O3. The Kier molecular flexibility index (Phi) is 5.96. The largest absolute Gasteiger partial charge is 0.495 e. The van der Waals surface area contributed by atoms with Gasteiger partial charge < -0.3 is 14.5 Å². The maximum absolute atomic E-state index is 12.2. The van der Waals surface area contributed by atoms with Crippen LogP contribution in [0.2, 0.25) is 5.02 Å². The minimum absolute atomic E-state index is 0.173. The molecule has 1 aromatic heterocycles. The highest BCUT2D eigenvalue weighted by atomic mass is 79.9. The Morgan fingerprint density at radius 3 is 2.92 bits per heavy atom. The molecule has 0 unspecified atom stereocenters. The molecule has 5 nitrogen and oxygen atoms in total. The summed E-state index contributed by atoms with van der Waals surface area (Å²) >= 11 is 9.40. The number of carbonyl (C=O) groups excluding carboxylic acids is 1. The molecule has 3 rings (SSSR count). The van der Waals surface area contributed by atoms with Gasteiger partial charge in [-0.1, -0.05) is 39.7 Å². The third-order valence-corrected chi connectivity index (χ3v) is 4.39. The van der Waals surface area contributed by atoms with Crippen molar-refractivity contribution in [2.45, 2.75) is 12.8 Å². The maximum Gasteiger partial charge on any atom is 0.224 e. The zero-order valence-electron chi connectivity index (χ0n) is 14.0. The molecule has 0 saturated carbocycles. The fourth-order valence-corrected chi connectivity index (χ4v) is 2.98. The van der Waals surface area contributed by atoms with Gasteiger partial charge in [-0.25, -0.2) is 4.98 Å². The van der Waals surface area contributed by atoms with Crippen LogP contribution in [0.4, 0.5) is 5.69 Å². The van der Waals surface area contributed by atoms with Gasteiger partial charge in [-0.05, 0) is 30.3 Å². The van der Waals surface area contributed by atoms with Crippen LogP contribution in [-0.2, 0) is 11.2 Å². The van der Waals surface area contributed by atoms with E-state index in [1.54, 1.807) is 24.4 Å². The first-order valence-corrected chi connectivity index (χ1v) is 9.06. The first-order chi connectivity index (χ1) is 12.5. The number of nitrogens with zero attached hydrogens (tertiary/aromatic N) is 1. The van der Waals surface area contributed by atoms with Gasteiger partial charge in [0.15, 0.2) is 11.7 Å². The van der Waals surface area contributed by atoms with E-state index >= 15 is 0 Å². The molecule has 1 amide bonds. The molecular weight excluding hydrogens is 420 g/mol. The minimum atomic E-state index is -0.173. The fourth-order valence-electron chi connectivity index (χ4n) is 2.41. The van der Waals surface area contributed by atoms with Crippen molar-refractivity contribution < 1.29 is 13.9 Å². The molecule has 0 radical (unpaired) electrons. The highest BCUT2D eigenvalue weighted by molar-refractivity contribution is 9.10. The minimum Gasteiger partial charge on any atom is -0.495 e. The van der Waals surface area contributed by atoms with E-state index in [0.29, 0.717) is 34.5 Å². The summed E-state index contributed by atoms with van der Waals surface area (Å²) in [5, 5.41) is 3.32. The summed E-state index contributed by atoms with van der Waals surface area (Å²) in [4.78, 5) is 16.4. The number of aryl methyl sites for hydroxylation is 1. The monoisotopic (exact) mass is 434 g/mol. The van der Waals surface area contributed by atoms with Crippen molar-refractivity contribution in [3.05, 3.63) is 64.0 Å². The number of hydrogen-bond donors (Lipinski definition) is 1. The molecule has 7 heteroatoms. The van der Waals surface area contributed by atoms with Crippen LogP contribution >= 0.6 is 27.5 Å². The van der Waals surface area contributed by atoms with E-state index in [-0.39, 0.29) is 12.3 Å². The van der Waals surface area contributed by atoms with Gasteiger partial charge in [-0.2, -0.15) is 0 Å². The number of benzene rings is 2. The normalized spacial score (nSPS) is 10.6. The molecule has 0 spiro atoms. The number of rotatable bonds is 6. The van der Waals surface area contributed by atoms with Gasteiger partial charge in [0.1, 0.15) is 5.75 Å². The molecule has 0 aliphatic rings. The van der Waals surface area contributed by atoms with Crippen LogP contribution in [0.5, 0.6) is 5.75 Å². The van der Waals surface area contributed by atoms with Crippen LogP contribution in [0, 0.1) is 0 Å². The van der Waals surface area contributed by atoms with Gasteiger partial charge in [0.2, 0.25) is 5.91 Å². The van der Waals surface area contributed by atoms with Crippen molar-refractivity contribution >= 4 is 39.1 Å². The molecule has 0 saturated heterocycles. The standard InChI is InChI=1S/C19H16BrClN2O3/c1-25-16-6-5-14(21)10-15(16)23-18(24)7-8-19-22-11-17(26-19)12-3-2-4-13(20)9-12/h2-6,9-11H,7-8H2,1H3,(H,23,24). The lowest BCUT2D eigenvalue weighted by Gasteiger charge is -2.10. The van der Waals surface area contributed by atoms with E-state index in [9.17, 15) is 4.79 Å². The number of amides is 1. The summed E-state index contributed by atoms with van der Waals surface area (Å²) in [6, 6.07) is 12.8. The Morgan fingerprint density at radius 2 is 2.15 bits per heavy atom. The Hall–Kier alpha value is -2.31. The van der Waals surface area contributed by atoms with E-state index in [4.69, 9.17) is 20.8 Å². The van der Waals surface area contributed by atoms with Crippen LogP contribution in [-0.4, -0.2) is 18.0 Å². The molecule has 0 atom stereocenters. The second-order valence-electron chi connectivity index (χ2n) is 5.52. The van der Waals surface area contributed by atoms with Crippen LogP contribution in [0.1, 0.15) is 12.3 Å². The van der Waals surface area contributed by atoms with E-state index in [1.165, 1.54) is 7.11 Å². The van der Waals surface area contributed by atoms with E-state index in [0.717, 1.165) is 10.0 Å². The molecule has 3 aromatic rings. The van der Waals surface area contributed by atoms with Crippen LogP contribution in [0.3, 0.4) is 0 Å². The Balaban J connectivity index is 1.61. The molecule has 0 bridgehead atoms. The summed E-state index contributed by atoms with van der Waals surface area (Å²) in [5.41, 5.74) is 1.46. The van der Waals surface area contributed by atoms with Gasteiger partial charge in [0.05, 0.1) is 19.0 Å². The molecule has 134 valence electrons. The lowest BCUT2D eigenvalue weighted by Crippen LogP contribution is -2.13. The molecule has 0 fully saturated rings. The first kappa shape index (κ1) is 18.5. The number of anilines is 1. The van der Waals surface area contributed by atoms with E-state index in [1.807, 2.05) is 24.3 Å². The molecule has 0 aliphatic carbocycles. The van der Waals surface area contributed by atoms with Crippen LogP contribution in [0.25, 0.3) is 11.3 Å². The van der Waals surface area contributed by atoms with Crippen molar-refractivity contribution in [1.29, 1.82) is 0 Å². The number of carbonyl (C=O) groups is 1. The quantitative estimate of drug-likeness (QED) is 0.568. The smallest absolute Gasteiger partial charge is 0.224 e. The van der Waals surface area contributed by atoms with E-state index in [2.05, 4.69) is 26.2 Å². The molecule has 2 aromatic carbocycles. The topological polar surface area (TPSA) is 64.4 Å². The van der Waals surface area contributed by atoms with Crippen LogP contribution in [0.15, 0.2) is 57.6 Å². The van der Waals surface area contributed by atoms with Gasteiger partial charge in [-0.3, -0.25) is 4.79 Å². The zero-order valence-corrected chi connectivity index (χ0v) is 16.3. The SMILES string of the molecule is COc1ccc(Cl)cc1NC(=O)CCc1ncc(-c2cccc(Br)c2)o1. The van der Waals surface area contributed by atoms with Gasteiger partial charge in [0.25, 0.3) is 0 Å². The van der Waals surface area contributed by atoms with Gasteiger partial charge >= 0.3 is 0 Å². The number of nitrogens with one attached hydrogen (secondary N) is 1. The number of oxazole rings is 1. The van der Waals surface area contributed by atoms with Crippen LogP contribution < -0.4 is 10.1 Å². The second-order valence-corrected chi connectivity index (χ2v) is 6.87. The predicted octanol–water partition coefficient (Wildman–Crippen LogP) is 5.34. The number of halogens is 2.